The number of terminal acetylenes is 1. The van der Waals surface area contributed by atoms with Crippen LogP contribution in [-0.4, -0.2) is 11.0 Å². The second-order valence-electron chi connectivity index (χ2n) is 5.15. The Morgan fingerprint density at radius 2 is 1.45 bits per heavy atom. The molecule has 2 aromatic carbocycles. The SMILES string of the molecule is C#CCC(CCSCc1ccccc1)SCc1ccccc1. The molecule has 0 nitrogen and oxygen atoms in total. The molecule has 0 spiro atoms. The zero-order valence-corrected chi connectivity index (χ0v) is 14.4. The van der Waals surface area contributed by atoms with E-state index in [1.54, 1.807) is 0 Å². The van der Waals surface area contributed by atoms with Gasteiger partial charge >= 0.3 is 0 Å². The van der Waals surface area contributed by atoms with Crippen molar-refractivity contribution in [2.45, 2.75) is 29.6 Å². The third kappa shape index (κ3) is 6.64. The van der Waals surface area contributed by atoms with E-state index in [0.717, 1.165) is 17.9 Å². The van der Waals surface area contributed by atoms with Gasteiger partial charge in [0.1, 0.15) is 0 Å². The Morgan fingerprint density at radius 1 is 0.864 bits per heavy atom. The largest absolute Gasteiger partial charge is 0.157 e. The van der Waals surface area contributed by atoms with Crippen LogP contribution in [0.2, 0.25) is 0 Å². The molecule has 114 valence electrons. The standard InChI is InChI=1S/C20H22S2/c1-2-9-20(22-17-19-12-7-4-8-13-19)14-15-21-16-18-10-5-3-6-11-18/h1,3-8,10-13,20H,9,14-17H2. The van der Waals surface area contributed by atoms with E-state index >= 15 is 0 Å². The third-order valence-electron chi connectivity index (χ3n) is 3.37. The Bertz CT molecular complexity index is 557. The first-order chi connectivity index (χ1) is 10.9. The molecule has 2 rings (SSSR count). The van der Waals surface area contributed by atoms with Crippen LogP contribution in [0.15, 0.2) is 60.7 Å². The van der Waals surface area contributed by atoms with Crippen molar-refractivity contribution in [2.24, 2.45) is 0 Å². The maximum atomic E-state index is 5.52. The van der Waals surface area contributed by atoms with E-state index in [1.165, 1.54) is 23.3 Å². The molecule has 2 heteroatoms. The molecule has 1 atom stereocenters. The summed E-state index contributed by atoms with van der Waals surface area (Å²) in [6.45, 7) is 0. The zero-order chi connectivity index (χ0) is 15.5. The summed E-state index contributed by atoms with van der Waals surface area (Å²) in [5, 5.41) is 0.563. The summed E-state index contributed by atoms with van der Waals surface area (Å²) in [7, 11) is 0. The molecular weight excluding hydrogens is 304 g/mol. The van der Waals surface area contributed by atoms with Crippen LogP contribution >= 0.6 is 23.5 Å². The van der Waals surface area contributed by atoms with Gasteiger partial charge in [0.2, 0.25) is 0 Å². The third-order valence-corrected chi connectivity index (χ3v) is 5.81. The lowest BCUT2D eigenvalue weighted by Crippen LogP contribution is -2.04. The first-order valence-electron chi connectivity index (χ1n) is 7.59. The first kappa shape index (κ1) is 17.1. The number of hydrogen-bond donors (Lipinski definition) is 0. The molecular formula is C20H22S2. The number of hydrogen-bond acceptors (Lipinski definition) is 2. The van der Waals surface area contributed by atoms with E-state index in [-0.39, 0.29) is 0 Å². The molecule has 0 aliphatic carbocycles. The molecule has 0 fully saturated rings. The van der Waals surface area contributed by atoms with Crippen LogP contribution in [-0.2, 0) is 11.5 Å². The number of benzene rings is 2. The van der Waals surface area contributed by atoms with Gasteiger partial charge in [0.05, 0.1) is 0 Å². The van der Waals surface area contributed by atoms with Crippen molar-refractivity contribution in [3.05, 3.63) is 71.8 Å². The predicted octanol–water partition coefficient (Wildman–Crippen LogP) is 5.64. The molecule has 1 unspecified atom stereocenters. The summed E-state index contributed by atoms with van der Waals surface area (Å²) < 4.78 is 0. The Labute approximate surface area is 143 Å². The molecule has 0 saturated carbocycles. The maximum absolute atomic E-state index is 5.52. The molecule has 0 aliphatic rings. The van der Waals surface area contributed by atoms with Crippen molar-refractivity contribution in [2.75, 3.05) is 5.75 Å². The molecule has 0 aromatic heterocycles. The molecule has 0 saturated heterocycles. The Morgan fingerprint density at radius 3 is 2.05 bits per heavy atom. The Kier molecular flexibility index (Phi) is 8.09. The second-order valence-corrected chi connectivity index (χ2v) is 7.55. The highest BCUT2D eigenvalue weighted by molar-refractivity contribution is 7.99. The molecule has 0 radical (unpaired) electrons. The average molecular weight is 327 g/mol. The molecule has 0 N–H and O–H groups in total. The summed E-state index contributed by atoms with van der Waals surface area (Å²) in [6, 6.07) is 21.3. The van der Waals surface area contributed by atoms with Crippen molar-refractivity contribution in [3.63, 3.8) is 0 Å². The van der Waals surface area contributed by atoms with Gasteiger partial charge in [-0.3, -0.25) is 0 Å². The van der Waals surface area contributed by atoms with Crippen LogP contribution in [0.25, 0.3) is 0 Å². The smallest absolute Gasteiger partial charge is 0.0206 e. The highest BCUT2D eigenvalue weighted by Gasteiger charge is 2.08. The fourth-order valence-electron chi connectivity index (χ4n) is 2.14. The highest BCUT2D eigenvalue weighted by atomic mass is 32.2. The van der Waals surface area contributed by atoms with Crippen molar-refractivity contribution in [3.8, 4) is 12.3 Å². The van der Waals surface area contributed by atoms with Gasteiger partial charge in [-0.25, -0.2) is 0 Å². The van der Waals surface area contributed by atoms with Crippen LogP contribution in [0.5, 0.6) is 0 Å². The van der Waals surface area contributed by atoms with E-state index in [4.69, 9.17) is 6.42 Å². The van der Waals surface area contributed by atoms with E-state index in [2.05, 4.69) is 66.6 Å². The molecule has 22 heavy (non-hydrogen) atoms. The maximum Gasteiger partial charge on any atom is 0.0206 e. The molecule has 0 bridgehead atoms. The van der Waals surface area contributed by atoms with Gasteiger partial charge in [-0.15, -0.1) is 12.3 Å². The van der Waals surface area contributed by atoms with E-state index in [0.29, 0.717) is 5.25 Å². The summed E-state index contributed by atoms with van der Waals surface area (Å²) in [5.74, 6) is 6.14. The molecule has 0 aliphatic heterocycles. The summed E-state index contributed by atoms with van der Waals surface area (Å²) in [4.78, 5) is 0. The highest BCUT2D eigenvalue weighted by Crippen LogP contribution is 2.25. The fraction of sp³-hybridized carbons (Fsp3) is 0.300. The zero-order valence-electron chi connectivity index (χ0n) is 12.8. The van der Waals surface area contributed by atoms with Crippen LogP contribution in [0, 0.1) is 12.3 Å². The second kappa shape index (κ2) is 10.4. The van der Waals surface area contributed by atoms with Gasteiger partial charge in [-0.2, -0.15) is 23.5 Å². The minimum atomic E-state index is 0.563. The van der Waals surface area contributed by atoms with Gasteiger partial charge in [0, 0.05) is 23.2 Å². The summed E-state index contributed by atoms with van der Waals surface area (Å²) in [6.07, 6.45) is 7.57. The lowest BCUT2D eigenvalue weighted by atomic mass is 10.2. The number of rotatable bonds is 9. The van der Waals surface area contributed by atoms with Crippen molar-refractivity contribution in [1.82, 2.24) is 0 Å². The van der Waals surface area contributed by atoms with Crippen LogP contribution in [0.3, 0.4) is 0 Å². The monoisotopic (exact) mass is 326 g/mol. The van der Waals surface area contributed by atoms with Gasteiger partial charge in [-0.05, 0) is 23.3 Å². The van der Waals surface area contributed by atoms with Gasteiger partial charge in [0.25, 0.3) is 0 Å². The minimum absolute atomic E-state index is 0.563. The lowest BCUT2D eigenvalue weighted by molar-refractivity contribution is 0.857. The van der Waals surface area contributed by atoms with E-state index in [1.807, 2.05) is 23.5 Å². The average Bonchev–Trinajstić information content (AvgIpc) is 2.58. The van der Waals surface area contributed by atoms with Gasteiger partial charge in [0.15, 0.2) is 0 Å². The molecule has 0 amide bonds. The molecule has 2 aromatic rings. The van der Waals surface area contributed by atoms with E-state index in [9.17, 15) is 0 Å². The first-order valence-corrected chi connectivity index (χ1v) is 9.79. The Balaban J connectivity index is 1.69. The van der Waals surface area contributed by atoms with Gasteiger partial charge in [-0.1, -0.05) is 60.7 Å². The van der Waals surface area contributed by atoms with Crippen molar-refractivity contribution < 1.29 is 0 Å². The molecule has 0 heterocycles. The van der Waals surface area contributed by atoms with Crippen molar-refractivity contribution >= 4 is 23.5 Å². The van der Waals surface area contributed by atoms with Crippen LogP contribution in [0.1, 0.15) is 24.0 Å². The fourth-order valence-corrected chi connectivity index (χ4v) is 4.44. The Hall–Kier alpha value is -1.30. The van der Waals surface area contributed by atoms with E-state index < -0.39 is 0 Å². The topological polar surface area (TPSA) is 0 Å². The normalized spacial score (nSPS) is 11.8. The minimum Gasteiger partial charge on any atom is -0.157 e. The predicted molar refractivity (Wildman–Crippen MR) is 102 cm³/mol. The van der Waals surface area contributed by atoms with Crippen LogP contribution < -0.4 is 0 Å². The van der Waals surface area contributed by atoms with Crippen molar-refractivity contribution in [1.29, 1.82) is 0 Å². The lowest BCUT2D eigenvalue weighted by Gasteiger charge is -2.14. The van der Waals surface area contributed by atoms with Crippen LogP contribution in [0.4, 0.5) is 0 Å². The summed E-state index contributed by atoms with van der Waals surface area (Å²) >= 11 is 3.99. The van der Waals surface area contributed by atoms with Gasteiger partial charge < -0.3 is 0 Å². The number of thioether (sulfide) groups is 2. The summed E-state index contributed by atoms with van der Waals surface area (Å²) in [5.41, 5.74) is 2.78. The quantitative estimate of drug-likeness (QED) is 0.432.